The average molecular weight is 447 g/mol. The number of carboxylic acids is 1. The minimum atomic E-state index is -1.05. The zero-order valence-electron chi connectivity index (χ0n) is 18.2. The van der Waals surface area contributed by atoms with Gasteiger partial charge >= 0.3 is 5.97 Å². The first-order valence-electron chi connectivity index (χ1n) is 10.2. The maximum atomic E-state index is 13.0. The van der Waals surface area contributed by atoms with Gasteiger partial charge in [-0.1, -0.05) is 0 Å². The summed E-state index contributed by atoms with van der Waals surface area (Å²) >= 11 is 0. The molecule has 0 saturated carbocycles. The van der Waals surface area contributed by atoms with Crippen molar-refractivity contribution in [3.05, 3.63) is 86.7 Å². The van der Waals surface area contributed by atoms with Crippen molar-refractivity contribution in [3.8, 4) is 11.3 Å². The van der Waals surface area contributed by atoms with E-state index in [1.165, 1.54) is 23.2 Å². The quantitative estimate of drug-likeness (QED) is 0.335. The van der Waals surface area contributed by atoms with Gasteiger partial charge < -0.3 is 9.52 Å². The topological polar surface area (TPSA) is 126 Å². The molecule has 33 heavy (non-hydrogen) atoms. The first-order valence-corrected chi connectivity index (χ1v) is 10.2. The van der Waals surface area contributed by atoms with Crippen LogP contribution in [0.15, 0.2) is 58.5 Å². The number of nitro benzene ring substituents is 1. The molecule has 1 unspecified atom stereocenters. The second-order valence-corrected chi connectivity index (χ2v) is 7.86. The number of hydrogen-bond donors (Lipinski definition) is 2. The summed E-state index contributed by atoms with van der Waals surface area (Å²) in [5.74, 6) is -0.629. The summed E-state index contributed by atoms with van der Waals surface area (Å²) in [5, 5.41) is 21.9. The number of furan rings is 1. The Labute approximate surface area is 189 Å². The van der Waals surface area contributed by atoms with E-state index in [9.17, 15) is 19.7 Å². The molecule has 1 aliphatic heterocycles. The van der Waals surface area contributed by atoms with Crippen LogP contribution in [0.5, 0.6) is 0 Å². The predicted molar refractivity (Wildman–Crippen MR) is 122 cm³/mol. The number of aromatic carboxylic acids is 1. The van der Waals surface area contributed by atoms with Crippen molar-refractivity contribution >= 4 is 29.3 Å². The second-order valence-electron chi connectivity index (χ2n) is 7.86. The summed E-state index contributed by atoms with van der Waals surface area (Å²) in [6, 6.07) is 12.2. The number of anilines is 1. The van der Waals surface area contributed by atoms with Gasteiger partial charge in [-0.15, -0.1) is 0 Å². The summed E-state index contributed by atoms with van der Waals surface area (Å²) < 4.78 is 5.85. The zero-order valence-corrected chi connectivity index (χ0v) is 18.2. The summed E-state index contributed by atoms with van der Waals surface area (Å²) in [6.07, 6.45) is 1.60. The molecule has 1 amide bonds. The number of aryl methyl sites for hydroxylation is 2. The molecule has 2 heterocycles. The number of nitrogens with zero attached hydrogens (tertiary/aromatic N) is 2. The van der Waals surface area contributed by atoms with E-state index >= 15 is 0 Å². The third-order valence-electron chi connectivity index (χ3n) is 5.61. The molecule has 1 aliphatic rings. The van der Waals surface area contributed by atoms with Gasteiger partial charge in [0.1, 0.15) is 11.5 Å². The number of nitro groups is 1. The fourth-order valence-corrected chi connectivity index (χ4v) is 3.65. The van der Waals surface area contributed by atoms with Gasteiger partial charge in [0.15, 0.2) is 0 Å². The van der Waals surface area contributed by atoms with Crippen molar-refractivity contribution in [2.45, 2.75) is 26.8 Å². The number of hydrogen-bond acceptors (Lipinski definition) is 6. The van der Waals surface area contributed by atoms with E-state index in [4.69, 9.17) is 9.52 Å². The Morgan fingerprint density at radius 1 is 1.15 bits per heavy atom. The normalized spacial score (nSPS) is 17.1. The Bertz CT molecular complexity index is 1310. The van der Waals surface area contributed by atoms with Gasteiger partial charge in [0.05, 0.1) is 27.8 Å². The van der Waals surface area contributed by atoms with Gasteiger partial charge in [0, 0.05) is 11.6 Å². The highest BCUT2D eigenvalue weighted by molar-refractivity contribution is 6.11. The standard InChI is InChI=1S/C24H21N3O6/c1-13-10-20(21(27(31)32)11-14(13)2)22-9-8-18(33-22)12-19-15(3)25-26(23(19)28)17-6-4-16(5-7-17)24(29)30/h4-12,15,25H,1-3H3,(H,29,30)/b19-12+. The highest BCUT2D eigenvalue weighted by atomic mass is 16.6. The second kappa shape index (κ2) is 8.36. The average Bonchev–Trinajstić information content (AvgIpc) is 3.35. The van der Waals surface area contributed by atoms with Crippen molar-refractivity contribution in [1.29, 1.82) is 0 Å². The van der Waals surface area contributed by atoms with E-state index in [1.54, 1.807) is 36.4 Å². The Kier molecular flexibility index (Phi) is 5.57. The molecule has 3 aromatic rings. The molecule has 9 heteroatoms. The summed E-state index contributed by atoms with van der Waals surface area (Å²) in [4.78, 5) is 35.1. The van der Waals surface area contributed by atoms with Crippen LogP contribution in [0.25, 0.3) is 17.4 Å². The van der Waals surface area contributed by atoms with Crippen LogP contribution in [0.2, 0.25) is 0 Å². The maximum Gasteiger partial charge on any atom is 0.335 e. The highest BCUT2D eigenvalue weighted by Gasteiger charge is 2.33. The van der Waals surface area contributed by atoms with Crippen LogP contribution in [0.4, 0.5) is 11.4 Å². The molecule has 0 radical (unpaired) electrons. The third-order valence-corrected chi connectivity index (χ3v) is 5.61. The van der Waals surface area contributed by atoms with E-state index in [0.29, 0.717) is 28.3 Å². The molecule has 0 bridgehead atoms. The Morgan fingerprint density at radius 2 is 1.82 bits per heavy atom. The van der Waals surface area contributed by atoms with E-state index in [2.05, 4.69) is 5.43 Å². The highest BCUT2D eigenvalue weighted by Crippen LogP contribution is 2.34. The van der Waals surface area contributed by atoms with Crippen LogP contribution in [0.1, 0.15) is 34.2 Å². The van der Waals surface area contributed by atoms with Crippen LogP contribution in [0.3, 0.4) is 0 Å². The summed E-state index contributed by atoms with van der Waals surface area (Å²) in [6.45, 7) is 5.50. The maximum absolute atomic E-state index is 13.0. The van der Waals surface area contributed by atoms with Crippen molar-refractivity contribution in [2.75, 3.05) is 5.01 Å². The Morgan fingerprint density at radius 3 is 2.45 bits per heavy atom. The van der Waals surface area contributed by atoms with Crippen LogP contribution in [0, 0.1) is 24.0 Å². The molecule has 1 saturated heterocycles. The molecule has 0 spiro atoms. The number of carbonyl (C=O) groups excluding carboxylic acids is 1. The number of benzene rings is 2. The van der Waals surface area contributed by atoms with Crippen LogP contribution < -0.4 is 10.4 Å². The molecule has 168 valence electrons. The van der Waals surface area contributed by atoms with Gasteiger partial charge in [-0.2, -0.15) is 0 Å². The first-order chi connectivity index (χ1) is 15.7. The first kappa shape index (κ1) is 22.0. The lowest BCUT2D eigenvalue weighted by Crippen LogP contribution is -2.36. The van der Waals surface area contributed by atoms with Gasteiger partial charge in [-0.25, -0.2) is 15.2 Å². The van der Waals surface area contributed by atoms with Gasteiger partial charge in [-0.3, -0.25) is 14.9 Å². The molecule has 1 aromatic heterocycles. The molecule has 1 atom stereocenters. The molecule has 0 aliphatic carbocycles. The predicted octanol–water partition coefficient (Wildman–Crippen LogP) is 4.49. The molecule has 2 N–H and O–H groups in total. The van der Waals surface area contributed by atoms with Crippen LogP contribution in [-0.2, 0) is 4.79 Å². The van der Waals surface area contributed by atoms with Crippen molar-refractivity contribution in [3.63, 3.8) is 0 Å². The number of nitrogens with one attached hydrogen (secondary N) is 1. The van der Waals surface area contributed by atoms with Crippen LogP contribution in [-0.4, -0.2) is 27.9 Å². The van der Waals surface area contributed by atoms with E-state index in [-0.39, 0.29) is 23.2 Å². The van der Waals surface area contributed by atoms with Crippen molar-refractivity contribution < 1.29 is 24.0 Å². The fraction of sp³-hybridized carbons (Fsp3) is 0.167. The molecule has 2 aromatic carbocycles. The lowest BCUT2D eigenvalue weighted by molar-refractivity contribution is -0.384. The largest absolute Gasteiger partial charge is 0.478 e. The van der Waals surface area contributed by atoms with Crippen LogP contribution >= 0.6 is 0 Å². The van der Waals surface area contributed by atoms with E-state index in [1.807, 2.05) is 20.8 Å². The summed E-state index contributed by atoms with van der Waals surface area (Å²) in [5.41, 5.74) is 6.16. The lowest BCUT2D eigenvalue weighted by atomic mass is 10.0. The lowest BCUT2D eigenvalue weighted by Gasteiger charge is -2.16. The minimum Gasteiger partial charge on any atom is -0.478 e. The van der Waals surface area contributed by atoms with E-state index in [0.717, 1.165) is 11.1 Å². The fourth-order valence-electron chi connectivity index (χ4n) is 3.65. The van der Waals surface area contributed by atoms with Gasteiger partial charge in [-0.05, 0) is 80.4 Å². The van der Waals surface area contributed by atoms with E-state index < -0.39 is 10.9 Å². The number of hydrazine groups is 1. The molecule has 1 fully saturated rings. The van der Waals surface area contributed by atoms with Crippen molar-refractivity contribution in [1.82, 2.24) is 5.43 Å². The monoisotopic (exact) mass is 447 g/mol. The van der Waals surface area contributed by atoms with Gasteiger partial charge in [0.25, 0.3) is 11.6 Å². The smallest absolute Gasteiger partial charge is 0.335 e. The minimum absolute atomic E-state index is 0.0467. The molecule has 4 rings (SSSR count). The number of carboxylic acid groups (broad SMARTS) is 1. The van der Waals surface area contributed by atoms with Crippen molar-refractivity contribution in [2.24, 2.45) is 0 Å². The molecular formula is C24H21N3O6. The number of amides is 1. The Hall–Kier alpha value is -4.24. The molecule has 9 nitrogen and oxygen atoms in total. The molecular weight excluding hydrogens is 426 g/mol. The number of rotatable bonds is 5. The Balaban J connectivity index is 1.63. The third kappa shape index (κ3) is 4.13. The van der Waals surface area contributed by atoms with Gasteiger partial charge in [0.2, 0.25) is 0 Å². The SMILES string of the molecule is Cc1cc(-c2ccc(/C=C3/C(=O)N(c4ccc(C(=O)O)cc4)NC3C)o2)c([N+](=O)[O-])cc1C. The zero-order chi connectivity index (χ0) is 23.9. The summed E-state index contributed by atoms with van der Waals surface area (Å²) in [7, 11) is 0. The number of carbonyl (C=O) groups is 2.